The zero-order chi connectivity index (χ0) is 14.1. The molecule has 0 fully saturated rings. The van der Waals surface area contributed by atoms with Crippen molar-refractivity contribution in [3.63, 3.8) is 0 Å². The number of hydrogen-bond donors (Lipinski definition) is 2. The van der Waals surface area contributed by atoms with Gasteiger partial charge in [0.05, 0.1) is 6.61 Å². The SMILES string of the molecule is CC(C)(C)NCC(C)(O)c1cccc2c1OCCC2. The maximum Gasteiger partial charge on any atom is 0.128 e. The first-order chi connectivity index (χ1) is 8.80. The fraction of sp³-hybridized carbons (Fsp3) is 0.625. The second-order valence-electron chi connectivity index (χ2n) is 6.62. The first-order valence-corrected chi connectivity index (χ1v) is 7.02. The predicted octanol–water partition coefficient (Wildman–Crippen LogP) is 2.61. The number of hydrogen-bond acceptors (Lipinski definition) is 3. The molecule has 3 heteroatoms. The van der Waals surface area contributed by atoms with Crippen LogP contribution in [0.3, 0.4) is 0 Å². The lowest BCUT2D eigenvalue weighted by atomic mass is 9.90. The van der Waals surface area contributed by atoms with Crippen molar-refractivity contribution in [3.8, 4) is 5.75 Å². The van der Waals surface area contributed by atoms with Crippen LogP contribution in [0.5, 0.6) is 5.75 Å². The Morgan fingerprint density at radius 2 is 2.00 bits per heavy atom. The van der Waals surface area contributed by atoms with Crippen molar-refractivity contribution >= 4 is 0 Å². The van der Waals surface area contributed by atoms with Crippen LogP contribution in [-0.2, 0) is 12.0 Å². The van der Waals surface area contributed by atoms with E-state index >= 15 is 0 Å². The minimum absolute atomic E-state index is 0.0142. The van der Waals surface area contributed by atoms with Crippen molar-refractivity contribution in [2.45, 2.75) is 51.7 Å². The van der Waals surface area contributed by atoms with Crippen LogP contribution in [0.15, 0.2) is 18.2 Å². The third kappa shape index (κ3) is 3.48. The molecular formula is C16H25NO2. The number of aryl methyl sites for hydroxylation is 1. The summed E-state index contributed by atoms with van der Waals surface area (Å²) in [6, 6.07) is 6.06. The van der Waals surface area contributed by atoms with E-state index in [4.69, 9.17) is 4.74 Å². The molecule has 0 saturated heterocycles. The molecule has 1 unspecified atom stereocenters. The maximum absolute atomic E-state index is 10.8. The van der Waals surface area contributed by atoms with Crippen LogP contribution >= 0.6 is 0 Å². The summed E-state index contributed by atoms with van der Waals surface area (Å²) in [6.07, 6.45) is 2.09. The normalized spacial score (nSPS) is 18.4. The standard InChI is InChI=1S/C16H25NO2/c1-15(2,3)17-11-16(4,18)13-9-5-7-12-8-6-10-19-14(12)13/h5,7,9,17-18H,6,8,10-11H2,1-4H3. The Morgan fingerprint density at radius 1 is 1.26 bits per heavy atom. The van der Waals surface area contributed by atoms with E-state index in [1.165, 1.54) is 5.56 Å². The summed E-state index contributed by atoms with van der Waals surface area (Å²) in [6.45, 7) is 9.39. The van der Waals surface area contributed by atoms with Crippen LogP contribution in [0.25, 0.3) is 0 Å². The van der Waals surface area contributed by atoms with E-state index in [9.17, 15) is 5.11 Å². The van der Waals surface area contributed by atoms with Gasteiger partial charge in [0.2, 0.25) is 0 Å². The number of aliphatic hydroxyl groups is 1. The van der Waals surface area contributed by atoms with Gasteiger partial charge in [0.15, 0.2) is 0 Å². The second-order valence-corrected chi connectivity index (χ2v) is 6.62. The molecule has 1 aromatic rings. The van der Waals surface area contributed by atoms with Gasteiger partial charge in [-0.25, -0.2) is 0 Å². The van der Waals surface area contributed by atoms with Gasteiger partial charge in [-0.3, -0.25) is 0 Å². The van der Waals surface area contributed by atoms with Crippen LogP contribution in [0.4, 0.5) is 0 Å². The van der Waals surface area contributed by atoms with Crippen LogP contribution in [-0.4, -0.2) is 23.8 Å². The molecule has 0 spiro atoms. The molecule has 0 radical (unpaired) electrons. The molecule has 1 atom stereocenters. The monoisotopic (exact) mass is 263 g/mol. The van der Waals surface area contributed by atoms with Crippen molar-refractivity contribution in [1.82, 2.24) is 5.32 Å². The highest BCUT2D eigenvalue weighted by atomic mass is 16.5. The Bertz CT molecular complexity index is 447. The first-order valence-electron chi connectivity index (χ1n) is 7.02. The lowest BCUT2D eigenvalue weighted by molar-refractivity contribution is 0.0464. The molecular weight excluding hydrogens is 238 g/mol. The van der Waals surface area contributed by atoms with Crippen molar-refractivity contribution in [2.75, 3.05) is 13.2 Å². The molecule has 2 N–H and O–H groups in total. The van der Waals surface area contributed by atoms with Gasteiger partial charge in [0.25, 0.3) is 0 Å². The second kappa shape index (κ2) is 5.14. The lowest BCUT2D eigenvalue weighted by Gasteiger charge is -2.32. The minimum atomic E-state index is -0.921. The van der Waals surface area contributed by atoms with Crippen molar-refractivity contribution in [3.05, 3.63) is 29.3 Å². The Hall–Kier alpha value is -1.06. The summed E-state index contributed by atoms with van der Waals surface area (Å²) in [5.41, 5.74) is 1.16. The van der Waals surface area contributed by atoms with Gasteiger partial charge < -0.3 is 15.2 Å². The number of ether oxygens (including phenoxy) is 1. The Labute approximate surface area is 116 Å². The van der Waals surface area contributed by atoms with Crippen molar-refractivity contribution in [1.29, 1.82) is 0 Å². The summed E-state index contributed by atoms with van der Waals surface area (Å²) in [4.78, 5) is 0. The number of rotatable bonds is 3. The lowest BCUT2D eigenvalue weighted by Crippen LogP contribution is -2.45. The van der Waals surface area contributed by atoms with E-state index in [0.29, 0.717) is 6.54 Å². The molecule has 1 heterocycles. The molecule has 0 amide bonds. The Balaban J connectivity index is 2.25. The minimum Gasteiger partial charge on any atom is -0.493 e. The van der Waals surface area contributed by atoms with Gasteiger partial charge in [0.1, 0.15) is 11.4 Å². The van der Waals surface area contributed by atoms with Gasteiger partial charge in [-0.2, -0.15) is 0 Å². The highest BCUT2D eigenvalue weighted by molar-refractivity contribution is 5.45. The molecule has 0 aromatic heterocycles. The van der Waals surface area contributed by atoms with Crippen LogP contribution in [0, 0.1) is 0 Å². The van der Waals surface area contributed by atoms with Gasteiger partial charge in [-0.05, 0) is 46.1 Å². The zero-order valence-corrected chi connectivity index (χ0v) is 12.4. The largest absolute Gasteiger partial charge is 0.493 e. The van der Waals surface area contributed by atoms with Crippen LogP contribution in [0.2, 0.25) is 0 Å². The van der Waals surface area contributed by atoms with E-state index in [1.54, 1.807) is 0 Å². The number of nitrogens with one attached hydrogen (secondary N) is 1. The highest BCUT2D eigenvalue weighted by Crippen LogP contribution is 2.35. The molecule has 19 heavy (non-hydrogen) atoms. The average Bonchev–Trinajstić information content (AvgIpc) is 2.35. The predicted molar refractivity (Wildman–Crippen MR) is 77.6 cm³/mol. The van der Waals surface area contributed by atoms with E-state index in [1.807, 2.05) is 19.1 Å². The van der Waals surface area contributed by atoms with Gasteiger partial charge >= 0.3 is 0 Å². The summed E-state index contributed by atoms with van der Waals surface area (Å²) in [5.74, 6) is 0.884. The number of β-amino-alcohol motifs (C(OH)–C–C–N with tert-alkyl or cyclic N) is 1. The number of fused-ring (bicyclic) bond motifs is 1. The third-order valence-electron chi connectivity index (χ3n) is 3.48. The number of benzene rings is 1. The molecule has 0 aliphatic carbocycles. The molecule has 1 aliphatic rings. The van der Waals surface area contributed by atoms with Gasteiger partial charge in [-0.15, -0.1) is 0 Å². The van der Waals surface area contributed by atoms with Crippen molar-refractivity contribution < 1.29 is 9.84 Å². The highest BCUT2D eigenvalue weighted by Gasteiger charge is 2.30. The van der Waals surface area contributed by atoms with Crippen LogP contribution in [0.1, 0.15) is 45.2 Å². The van der Waals surface area contributed by atoms with E-state index in [0.717, 1.165) is 30.8 Å². The molecule has 0 bridgehead atoms. The Kier molecular flexibility index (Phi) is 3.88. The van der Waals surface area contributed by atoms with E-state index in [-0.39, 0.29) is 5.54 Å². The first kappa shape index (κ1) is 14.4. The third-order valence-corrected chi connectivity index (χ3v) is 3.48. The summed E-state index contributed by atoms with van der Waals surface area (Å²) in [7, 11) is 0. The average molecular weight is 263 g/mol. The van der Waals surface area contributed by atoms with Gasteiger partial charge in [-0.1, -0.05) is 18.2 Å². The smallest absolute Gasteiger partial charge is 0.128 e. The fourth-order valence-corrected chi connectivity index (χ4v) is 2.35. The molecule has 3 nitrogen and oxygen atoms in total. The summed E-state index contributed by atoms with van der Waals surface area (Å²) >= 11 is 0. The molecule has 106 valence electrons. The quantitative estimate of drug-likeness (QED) is 0.881. The van der Waals surface area contributed by atoms with E-state index < -0.39 is 5.60 Å². The maximum atomic E-state index is 10.8. The summed E-state index contributed by atoms with van der Waals surface area (Å²) < 4.78 is 5.79. The van der Waals surface area contributed by atoms with Crippen LogP contribution < -0.4 is 10.1 Å². The van der Waals surface area contributed by atoms with Gasteiger partial charge in [0, 0.05) is 17.6 Å². The fourth-order valence-electron chi connectivity index (χ4n) is 2.35. The van der Waals surface area contributed by atoms with E-state index in [2.05, 4.69) is 32.2 Å². The Morgan fingerprint density at radius 3 is 2.68 bits per heavy atom. The molecule has 2 rings (SSSR count). The zero-order valence-electron chi connectivity index (χ0n) is 12.4. The molecule has 0 saturated carbocycles. The number of para-hydroxylation sites is 1. The summed E-state index contributed by atoms with van der Waals surface area (Å²) in [5, 5.41) is 14.1. The molecule has 1 aliphatic heterocycles. The topological polar surface area (TPSA) is 41.5 Å². The molecule has 1 aromatic carbocycles. The van der Waals surface area contributed by atoms with Crippen molar-refractivity contribution in [2.24, 2.45) is 0 Å².